The van der Waals surface area contributed by atoms with Crippen molar-refractivity contribution >= 4 is 17.7 Å². The van der Waals surface area contributed by atoms with Crippen molar-refractivity contribution in [1.29, 1.82) is 0 Å². The van der Waals surface area contributed by atoms with Crippen LogP contribution in [0.3, 0.4) is 0 Å². The monoisotopic (exact) mass is 394 g/mol. The van der Waals surface area contributed by atoms with Crippen LogP contribution in [0.1, 0.15) is 5.56 Å². The van der Waals surface area contributed by atoms with E-state index in [9.17, 15) is 4.79 Å². The van der Waals surface area contributed by atoms with Crippen LogP contribution in [-0.4, -0.2) is 33.5 Å². The van der Waals surface area contributed by atoms with E-state index in [4.69, 9.17) is 4.74 Å². The summed E-state index contributed by atoms with van der Waals surface area (Å²) >= 11 is 1.35. The highest BCUT2D eigenvalue weighted by atomic mass is 32.2. The minimum absolute atomic E-state index is 0.0510. The Hall–Kier alpha value is -3.06. The second-order valence-corrected chi connectivity index (χ2v) is 6.93. The van der Waals surface area contributed by atoms with E-state index in [-0.39, 0.29) is 11.7 Å². The molecule has 2 aromatic carbocycles. The van der Waals surface area contributed by atoms with Crippen LogP contribution in [0.5, 0.6) is 5.75 Å². The van der Waals surface area contributed by atoms with Gasteiger partial charge in [0.25, 0.3) is 0 Å². The molecule has 3 rings (SSSR count). The highest BCUT2D eigenvalue weighted by Gasteiger charge is 2.15. The first-order chi connectivity index (χ1) is 13.7. The lowest BCUT2D eigenvalue weighted by Gasteiger charge is -2.09. The Bertz CT molecular complexity index is 941. The van der Waals surface area contributed by atoms with Crippen molar-refractivity contribution in [3.8, 4) is 17.1 Å². The molecule has 3 aromatic rings. The molecule has 0 aliphatic heterocycles. The molecular formula is C21H22N4O2S. The molecule has 0 bridgehead atoms. The lowest BCUT2D eigenvalue weighted by Crippen LogP contribution is -2.24. The summed E-state index contributed by atoms with van der Waals surface area (Å²) in [7, 11) is 1.63. The number of hydrogen-bond acceptors (Lipinski definition) is 5. The van der Waals surface area contributed by atoms with Crippen molar-refractivity contribution in [1.82, 2.24) is 20.1 Å². The summed E-state index contributed by atoms with van der Waals surface area (Å²) in [5, 5.41) is 12.2. The van der Waals surface area contributed by atoms with E-state index in [0.717, 1.165) is 16.9 Å². The zero-order valence-corrected chi connectivity index (χ0v) is 16.5. The molecule has 0 saturated heterocycles. The largest absolute Gasteiger partial charge is 0.497 e. The summed E-state index contributed by atoms with van der Waals surface area (Å²) in [5.41, 5.74) is 1.96. The predicted octanol–water partition coefficient (Wildman–Crippen LogP) is 3.55. The third-order valence-corrected chi connectivity index (χ3v) is 4.99. The molecular weight excluding hydrogens is 372 g/mol. The quantitative estimate of drug-likeness (QED) is 0.444. The molecule has 28 heavy (non-hydrogen) atoms. The van der Waals surface area contributed by atoms with Gasteiger partial charge in [-0.15, -0.1) is 16.8 Å². The molecule has 6 nitrogen and oxygen atoms in total. The fourth-order valence-corrected chi connectivity index (χ4v) is 3.42. The molecule has 0 spiro atoms. The third-order valence-electron chi connectivity index (χ3n) is 4.02. The Morgan fingerprint density at radius 3 is 2.79 bits per heavy atom. The molecule has 1 amide bonds. The highest BCUT2D eigenvalue weighted by molar-refractivity contribution is 7.99. The first-order valence-corrected chi connectivity index (χ1v) is 9.81. The summed E-state index contributed by atoms with van der Waals surface area (Å²) in [6, 6.07) is 17.5. The molecule has 0 aliphatic rings. The number of allylic oxidation sites excluding steroid dienone is 1. The number of methoxy groups -OCH3 is 1. The van der Waals surface area contributed by atoms with Crippen molar-refractivity contribution < 1.29 is 9.53 Å². The SMILES string of the molecule is C=CCn1c(SCC(=O)NCc2ccccc2)nnc1-c1cccc(OC)c1. The Labute approximate surface area is 168 Å². The number of carbonyl (C=O) groups excluding carboxylic acids is 1. The fourth-order valence-electron chi connectivity index (χ4n) is 2.64. The van der Waals surface area contributed by atoms with Crippen LogP contribution < -0.4 is 10.1 Å². The summed E-state index contributed by atoms with van der Waals surface area (Å²) in [6.07, 6.45) is 1.78. The van der Waals surface area contributed by atoms with E-state index >= 15 is 0 Å². The third kappa shape index (κ3) is 5.01. The van der Waals surface area contributed by atoms with Crippen molar-refractivity contribution in [2.24, 2.45) is 0 Å². The number of thioether (sulfide) groups is 1. The maximum atomic E-state index is 12.2. The van der Waals surface area contributed by atoms with E-state index < -0.39 is 0 Å². The summed E-state index contributed by atoms with van der Waals surface area (Å²) in [6.45, 7) is 4.87. The molecule has 0 aliphatic carbocycles. The van der Waals surface area contributed by atoms with Crippen molar-refractivity contribution in [3.05, 3.63) is 72.8 Å². The van der Waals surface area contributed by atoms with Crippen LogP contribution in [0.2, 0.25) is 0 Å². The topological polar surface area (TPSA) is 69.0 Å². The number of nitrogens with one attached hydrogen (secondary N) is 1. The van der Waals surface area contributed by atoms with Gasteiger partial charge in [0.15, 0.2) is 11.0 Å². The van der Waals surface area contributed by atoms with Gasteiger partial charge in [-0.3, -0.25) is 9.36 Å². The zero-order chi connectivity index (χ0) is 19.8. The van der Waals surface area contributed by atoms with Gasteiger partial charge < -0.3 is 10.1 Å². The molecule has 7 heteroatoms. The molecule has 1 N–H and O–H groups in total. The van der Waals surface area contributed by atoms with Gasteiger partial charge >= 0.3 is 0 Å². The van der Waals surface area contributed by atoms with Crippen molar-refractivity contribution in [2.45, 2.75) is 18.2 Å². The van der Waals surface area contributed by atoms with Gasteiger partial charge in [-0.25, -0.2) is 0 Å². The first-order valence-electron chi connectivity index (χ1n) is 8.83. The lowest BCUT2D eigenvalue weighted by atomic mass is 10.2. The molecule has 1 heterocycles. The number of aromatic nitrogens is 3. The van der Waals surface area contributed by atoms with Gasteiger partial charge in [0, 0.05) is 18.7 Å². The van der Waals surface area contributed by atoms with Gasteiger partial charge in [-0.2, -0.15) is 0 Å². The summed E-state index contributed by atoms with van der Waals surface area (Å²) in [5.74, 6) is 1.68. The van der Waals surface area contributed by atoms with E-state index in [1.54, 1.807) is 13.2 Å². The summed E-state index contributed by atoms with van der Waals surface area (Å²) in [4.78, 5) is 12.2. The number of nitrogens with zero attached hydrogens (tertiary/aromatic N) is 3. The van der Waals surface area contributed by atoms with E-state index in [1.807, 2.05) is 59.2 Å². The van der Waals surface area contributed by atoms with E-state index in [0.29, 0.717) is 24.1 Å². The van der Waals surface area contributed by atoms with E-state index in [1.165, 1.54) is 11.8 Å². The van der Waals surface area contributed by atoms with Crippen molar-refractivity contribution in [3.63, 3.8) is 0 Å². The average molecular weight is 395 g/mol. The number of hydrogen-bond donors (Lipinski definition) is 1. The normalized spacial score (nSPS) is 10.5. The number of benzene rings is 2. The fraction of sp³-hybridized carbons (Fsp3) is 0.190. The van der Waals surface area contributed by atoms with Crippen LogP contribution in [0.4, 0.5) is 0 Å². The Balaban J connectivity index is 1.67. The second kappa shape index (κ2) is 9.75. The molecule has 144 valence electrons. The molecule has 1 aromatic heterocycles. The van der Waals surface area contributed by atoms with Gasteiger partial charge in [0.05, 0.1) is 12.9 Å². The number of carbonyl (C=O) groups is 1. The minimum Gasteiger partial charge on any atom is -0.497 e. The molecule has 0 saturated carbocycles. The van der Waals surface area contributed by atoms with Crippen LogP contribution in [0, 0.1) is 0 Å². The highest BCUT2D eigenvalue weighted by Crippen LogP contribution is 2.26. The molecule has 0 atom stereocenters. The van der Waals surface area contributed by atoms with Crippen LogP contribution in [-0.2, 0) is 17.9 Å². The van der Waals surface area contributed by atoms with Crippen LogP contribution in [0.15, 0.2) is 72.4 Å². The maximum Gasteiger partial charge on any atom is 0.230 e. The van der Waals surface area contributed by atoms with E-state index in [2.05, 4.69) is 22.1 Å². The Morgan fingerprint density at radius 1 is 1.21 bits per heavy atom. The average Bonchev–Trinajstić information content (AvgIpc) is 3.14. The number of ether oxygens (including phenoxy) is 1. The first kappa shape index (κ1) is 19.7. The van der Waals surface area contributed by atoms with Gasteiger partial charge in [0.2, 0.25) is 5.91 Å². The van der Waals surface area contributed by atoms with Gasteiger partial charge in [-0.05, 0) is 17.7 Å². The van der Waals surface area contributed by atoms with Gasteiger partial charge in [-0.1, -0.05) is 60.3 Å². The smallest absolute Gasteiger partial charge is 0.230 e. The summed E-state index contributed by atoms with van der Waals surface area (Å²) < 4.78 is 7.23. The molecule has 0 unspecified atom stereocenters. The van der Waals surface area contributed by atoms with Gasteiger partial charge in [0.1, 0.15) is 5.75 Å². The molecule has 0 radical (unpaired) electrons. The predicted molar refractivity (Wildman–Crippen MR) is 111 cm³/mol. The molecule has 0 fully saturated rings. The zero-order valence-electron chi connectivity index (χ0n) is 15.7. The van der Waals surface area contributed by atoms with Crippen molar-refractivity contribution in [2.75, 3.05) is 12.9 Å². The Morgan fingerprint density at radius 2 is 2.04 bits per heavy atom. The maximum absolute atomic E-state index is 12.2. The van der Waals surface area contributed by atoms with Crippen LogP contribution in [0.25, 0.3) is 11.4 Å². The lowest BCUT2D eigenvalue weighted by molar-refractivity contribution is -0.118. The number of rotatable bonds is 9. The second-order valence-electron chi connectivity index (χ2n) is 5.99. The standard InChI is InChI=1S/C21H22N4O2S/c1-3-12-25-20(17-10-7-11-18(13-17)27-2)23-24-21(25)28-15-19(26)22-14-16-8-5-4-6-9-16/h3-11,13H,1,12,14-15H2,2H3,(H,22,26). The Kier molecular flexibility index (Phi) is 6.86. The minimum atomic E-state index is -0.0510. The van der Waals surface area contributed by atoms with Crippen LogP contribution >= 0.6 is 11.8 Å². The number of amides is 1.